The van der Waals surface area contributed by atoms with Crippen molar-refractivity contribution in [2.45, 2.75) is 0 Å². The summed E-state index contributed by atoms with van der Waals surface area (Å²) < 4.78 is 11.1. The molecule has 0 aliphatic carbocycles. The van der Waals surface area contributed by atoms with E-state index in [2.05, 4.69) is 5.32 Å². The summed E-state index contributed by atoms with van der Waals surface area (Å²) in [7, 11) is 1.30. The summed E-state index contributed by atoms with van der Waals surface area (Å²) >= 11 is 13.1. The maximum Gasteiger partial charge on any atom is 0.350 e. The van der Waals surface area contributed by atoms with Crippen LogP contribution in [0.15, 0.2) is 42.5 Å². The lowest BCUT2D eigenvalue weighted by Crippen LogP contribution is -2.21. The number of halogens is 2. The van der Waals surface area contributed by atoms with Crippen LogP contribution in [0, 0.1) is 0 Å². The lowest BCUT2D eigenvalue weighted by atomic mass is 10.2. The van der Waals surface area contributed by atoms with Crippen molar-refractivity contribution in [3.8, 4) is 5.75 Å². The summed E-state index contributed by atoms with van der Waals surface area (Å²) in [5.41, 5.74) is 0.410. The minimum Gasteiger partial charge on any atom is -0.482 e. The molecule has 0 fully saturated rings. The first kappa shape index (κ1) is 18.5. The quantitative estimate of drug-likeness (QED) is 0.601. The molecule has 0 bridgehead atoms. The lowest BCUT2D eigenvalue weighted by Gasteiger charge is -2.09. The van der Waals surface area contributed by atoms with Gasteiger partial charge in [-0.1, -0.05) is 41.4 Å². The van der Waals surface area contributed by atoms with Crippen LogP contribution in [-0.4, -0.2) is 25.6 Å². The number of benzene rings is 2. The predicted octanol–water partition coefficient (Wildman–Crippen LogP) is 5.01. The largest absolute Gasteiger partial charge is 0.482 e. The number of carbonyl (C=O) groups excluding carboxylic acids is 2. The van der Waals surface area contributed by atoms with E-state index in [1.807, 2.05) is 24.3 Å². The van der Waals surface area contributed by atoms with Gasteiger partial charge in [-0.25, -0.2) is 4.79 Å². The summed E-state index contributed by atoms with van der Waals surface area (Å²) in [6.07, 6.45) is 0. The van der Waals surface area contributed by atoms with Crippen molar-refractivity contribution in [1.29, 1.82) is 0 Å². The Balaban J connectivity index is 1.79. The Labute approximate surface area is 163 Å². The van der Waals surface area contributed by atoms with Crippen molar-refractivity contribution in [1.82, 2.24) is 0 Å². The highest BCUT2D eigenvalue weighted by molar-refractivity contribution is 7.21. The Hall–Kier alpha value is -2.28. The Morgan fingerprint density at radius 1 is 1.15 bits per heavy atom. The molecule has 0 saturated heterocycles. The van der Waals surface area contributed by atoms with E-state index in [1.54, 1.807) is 12.1 Å². The van der Waals surface area contributed by atoms with Gasteiger partial charge >= 0.3 is 5.97 Å². The molecule has 8 heteroatoms. The molecule has 0 radical (unpaired) electrons. The maximum atomic E-state index is 12.3. The van der Waals surface area contributed by atoms with Gasteiger partial charge in [-0.3, -0.25) is 4.79 Å². The molecule has 0 atom stereocenters. The van der Waals surface area contributed by atoms with Gasteiger partial charge in [0.05, 0.1) is 17.8 Å². The number of fused-ring (bicyclic) bond motifs is 1. The zero-order chi connectivity index (χ0) is 18.7. The van der Waals surface area contributed by atoms with E-state index in [0.717, 1.165) is 10.1 Å². The van der Waals surface area contributed by atoms with Crippen LogP contribution in [0.4, 0.5) is 5.69 Å². The first-order chi connectivity index (χ1) is 12.5. The van der Waals surface area contributed by atoms with Gasteiger partial charge in [0.2, 0.25) is 0 Å². The van der Waals surface area contributed by atoms with Gasteiger partial charge in [-0.2, -0.15) is 0 Å². The Morgan fingerprint density at radius 3 is 2.65 bits per heavy atom. The number of ether oxygens (including phenoxy) is 2. The molecule has 2 aromatic carbocycles. The standard InChI is InChI=1S/C18H13Cl2NO4S/c1-24-18(23)17-16(11-4-2-3-5-14(11)26-17)21-15(22)9-25-13-7-6-10(19)8-12(13)20/h2-8H,9H2,1H3,(H,21,22). The topological polar surface area (TPSA) is 64.6 Å². The fourth-order valence-corrected chi connectivity index (χ4v) is 3.86. The lowest BCUT2D eigenvalue weighted by molar-refractivity contribution is -0.118. The highest BCUT2D eigenvalue weighted by Gasteiger charge is 2.20. The fourth-order valence-electron chi connectivity index (χ4n) is 2.32. The van der Waals surface area contributed by atoms with Crippen molar-refractivity contribution in [2.24, 2.45) is 0 Å². The zero-order valence-electron chi connectivity index (χ0n) is 13.5. The van der Waals surface area contributed by atoms with E-state index in [-0.39, 0.29) is 6.61 Å². The van der Waals surface area contributed by atoms with Gasteiger partial charge < -0.3 is 14.8 Å². The van der Waals surface area contributed by atoms with Crippen LogP contribution >= 0.6 is 34.5 Å². The molecule has 5 nitrogen and oxygen atoms in total. The summed E-state index contributed by atoms with van der Waals surface area (Å²) in [4.78, 5) is 24.7. The zero-order valence-corrected chi connectivity index (χ0v) is 15.9. The molecule has 26 heavy (non-hydrogen) atoms. The molecule has 3 rings (SSSR count). The van der Waals surface area contributed by atoms with Crippen molar-refractivity contribution in [3.05, 3.63) is 57.4 Å². The monoisotopic (exact) mass is 409 g/mol. The minimum atomic E-state index is -0.511. The van der Waals surface area contributed by atoms with E-state index in [4.69, 9.17) is 32.7 Å². The Morgan fingerprint density at radius 2 is 1.92 bits per heavy atom. The molecule has 0 spiro atoms. The van der Waals surface area contributed by atoms with Crippen LogP contribution < -0.4 is 10.1 Å². The van der Waals surface area contributed by atoms with Crippen LogP contribution in [-0.2, 0) is 9.53 Å². The third-order valence-electron chi connectivity index (χ3n) is 3.48. The molecule has 1 N–H and O–H groups in total. The molecule has 0 saturated carbocycles. The summed E-state index contributed by atoms with van der Waals surface area (Å²) in [6, 6.07) is 12.1. The van der Waals surface area contributed by atoms with Crippen molar-refractivity contribution < 1.29 is 19.1 Å². The van der Waals surface area contributed by atoms with Gasteiger partial charge in [-0.05, 0) is 24.3 Å². The maximum absolute atomic E-state index is 12.3. The molecular weight excluding hydrogens is 397 g/mol. The number of amides is 1. The van der Waals surface area contributed by atoms with E-state index in [9.17, 15) is 9.59 Å². The van der Waals surface area contributed by atoms with Crippen LogP contribution in [0.1, 0.15) is 9.67 Å². The highest BCUT2D eigenvalue weighted by Crippen LogP contribution is 2.36. The number of methoxy groups -OCH3 is 1. The van der Waals surface area contributed by atoms with E-state index >= 15 is 0 Å². The summed E-state index contributed by atoms with van der Waals surface area (Å²) in [5, 5.41) is 4.26. The van der Waals surface area contributed by atoms with E-state index in [0.29, 0.717) is 26.4 Å². The second-order valence-corrected chi connectivity index (χ2v) is 7.10. The average Bonchev–Trinajstić information content (AvgIpc) is 2.99. The molecule has 3 aromatic rings. The second kappa shape index (κ2) is 7.95. The third-order valence-corrected chi connectivity index (χ3v) is 5.16. The Bertz CT molecular complexity index is 986. The van der Waals surface area contributed by atoms with Crippen molar-refractivity contribution in [3.63, 3.8) is 0 Å². The molecule has 1 heterocycles. The number of esters is 1. The fraction of sp³-hybridized carbons (Fsp3) is 0.111. The van der Waals surface area contributed by atoms with Crippen LogP contribution in [0.2, 0.25) is 10.0 Å². The van der Waals surface area contributed by atoms with E-state index < -0.39 is 11.9 Å². The van der Waals surface area contributed by atoms with Gasteiger partial charge in [0.25, 0.3) is 5.91 Å². The van der Waals surface area contributed by atoms with Gasteiger partial charge in [-0.15, -0.1) is 11.3 Å². The second-order valence-electron chi connectivity index (χ2n) is 5.21. The van der Waals surface area contributed by atoms with Crippen LogP contribution in [0.25, 0.3) is 10.1 Å². The molecule has 0 unspecified atom stereocenters. The molecule has 0 aliphatic rings. The number of hydrogen-bond donors (Lipinski definition) is 1. The third kappa shape index (κ3) is 3.93. The van der Waals surface area contributed by atoms with Crippen molar-refractivity contribution in [2.75, 3.05) is 19.0 Å². The summed E-state index contributed by atoms with van der Waals surface area (Å²) in [5.74, 6) is -0.595. The molecule has 134 valence electrons. The molecule has 0 aliphatic heterocycles. The SMILES string of the molecule is COC(=O)c1sc2ccccc2c1NC(=O)COc1ccc(Cl)cc1Cl. The highest BCUT2D eigenvalue weighted by atomic mass is 35.5. The predicted molar refractivity (Wildman–Crippen MR) is 104 cm³/mol. The minimum absolute atomic E-state index is 0.272. The van der Waals surface area contributed by atoms with Crippen molar-refractivity contribution >= 4 is 62.2 Å². The number of nitrogens with one attached hydrogen (secondary N) is 1. The number of anilines is 1. The van der Waals surface area contributed by atoms with Gasteiger partial charge in [0.15, 0.2) is 6.61 Å². The summed E-state index contributed by atoms with van der Waals surface area (Å²) in [6.45, 7) is -0.272. The van der Waals surface area contributed by atoms with Gasteiger partial charge in [0, 0.05) is 15.1 Å². The smallest absolute Gasteiger partial charge is 0.350 e. The average molecular weight is 410 g/mol. The first-order valence-corrected chi connectivity index (χ1v) is 9.04. The van der Waals surface area contributed by atoms with Crippen LogP contribution in [0.3, 0.4) is 0 Å². The number of thiophene rings is 1. The molecular formula is C18H13Cl2NO4S. The molecule has 1 amide bonds. The number of rotatable bonds is 5. The number of hydrogen-bond acceptors (Lipinski definition) is 5. The number of carbonyl (C=O) groups is 2. The van der Waals surface area contributed by atoms with E-state index in [1.165, 1.54) is 24.5 Å². The first-order valence-electron chi connectivity index (χ1n) is 7.47. The normalized spacial score (nSPS) is 10.6. The van der Waals surface area contributed by atoms with Crippen LogP contribution in [0.5, 0.6) is 5.75 Å². The molecule has 1 aromatic heterocycles. The van der Waals surface area contributed by atoms with Gasteiger partial charge in [0.1, 0.15) is 10.6 Å². The Kier molecular flexibility index (Phi) is 5.66.